The van der Waals surface area contributed by atoms with E-state index in [1.807, 2.05) is 73.1 Å². The lowest BCUT2D eigenvalue weighted by Gasteiger charge is -2.14. The molecule has 0 spiro atoms. The minimum atomic E-state index is -0.292. The van der Waals surface area contributed by atoms with E-state index in [-0.39, 0.29) is 17.8 Å². The van der Waals surface area contributed by atoms with Gasteiger partial charge in [-0.15, -0.1) is 21.5 Å². The fraction of sp³-hybridized carbons (Fsp3) is 0.185. The molecule has 0 saturated heterocycles. The van der Waals surface area contributed by atoms with Gasteiger partial charge in [0.2, 0.25) is 5.91 Å². The normalized spacial score (nSPS) is 12.0. The fourth-order valence-corrected chi connectivity index (χ4v) is 5.81. The number of fused-ring (bicyclic) bond motifs is 1. The Morgan fingerprint density at radius 1 is 1.11 bits per heavy atom. The molecule has 1 unspecified atom stereocenters. The zero-order valence-electron chi connectivity index (χ0n) is 20.4. The number of halogens is 1. The number of benzene rings is 3. The van der Waals surface area contributed by atoms with E-state index in [0.29, 0.717) is 11.0 Å². The van der Waals surface area contributed by atoms with Crippen LogP contribution in [0.1, 0.15) is 24.4 Å². The van der Waals surface area contributed by atoms with E-state index in [4.69, 9.17) is 9.72 Å². The molecule has 1 atom stereocenters. The molecule has 1 N–H and O–H groups in total. The second kappa shape index (κ2) is 11.0. The number of amides is 1. The Bertz CT molecular complexity index is 1550. The number of anilines is 1. The summed E-state index contributed by atoms with van der Waals surface area (Å²) in [5.74, 6) is 1.53. The van der Waals surface area contributed by atoms with Gasteiger partial charge in [-0.05, 0) is 80.1 Å². The molecule has 0 aliphatic rings. The number of nitrogens with zero attached hydrogens (tertiary/aromatic N) is 4. The molecule has 1 amide bonds. The van der Waals surface area contributed by atoms with Gasteiger partial charge in [-0.3, -0.25) is 4.79 Å². The average Bonchev–Trinajstić information content (AvgIpc) is 3.47. The molecule has 0 bridgehead atoms. The third kappa shape index (κ3) is 6.03. The highest BCUT2D eigenvalue weighted by Gasteiger charge is 2.18. The average molecular weight is 595 g/mol. The van der Waals surface area contributed by atoms with Gasteiger partial charge >= 0.3 is 0 Å². The Morgan fingerprint density at radius 2 is 1.86 bits per heavy atom. The summed E-state index contributed by atoms with van der Waals surface area (Å²) in [5, 5.41) is 13.1. The van der Waals surface area contributed by atoms with Gasteiger partial charge in [0.05, 0.1) is 16.0 Å². The first-order valence-electron chi connectivity index (χ1n) is 11.6. The van der Waals surface area contributed by atoms with Gasteiger partial charge in [-0.2, -0.15) is 0 Å². The van der Waals surface area contributed by atoms with Gasteiger partial charge in [0, 0.05) is 22.8 Å². The van der Waals surface area contributed by atoms with Crippen LogP contribution >= 0.6 is 39.0 Å². The number of aromatic nitrogens is 4. The molecule has 37 heavy (non-hydrogen) atoms. The molecular weight excluding hydrogens is 570 g/mol. The van der Waals surface area contributed by atoms with Crippen molar-refractivity contribution in [3.05, 3.63) is 82.6 Å². The van der Waals surface area contributed by atoms with Crippen LogP contribution in [0.2, 0.25) is 0 Å². The SMILES string of the molecule is Cc1ccc2nc(-c3ccc(NC(=O)CSc4nnc(C(C)Oc5ccc(Br)cc5)n4C)cc3)sc2c1. The number of hydrogen-bond acceptors (Lipinski definition) is 7. The quantitative estimate of drug-likeness (QED) is 0.194. The number of thioether (sulfide) groups is 1. The fourth-order valence-electron chi connectivity index (χ4n) is 3.75. The summed E-state index contributed by atoms with van der Waals surface area (Å²) in [6, 6.07) is 21.7. The molecule has 0 aliphatic heterocycles. The van der Waals surface area contributed by atoms with Crippen LogP contribution in [-0.2, 0) is 11.8 Å². The molecule has 0 saturated carbocycles. The Hall–Kier alpha value is -3.21. The molecule has 5 rings (SSSR count). The van der Waals surface area contributed by atoms with Crippen molar-refractivity contribution in [3.8, 4) is 16.3 Å². The van der Waals surface area contributed by atoms with Crippen LogP contribution < -0.4 is 10.1 Å². The number of carbonyl (C=O) groups is 1. The minimum Gasteiger partial charge on any atom is -0.483 e. The number of nitrogens with one attached hydrogen (secondary N) is 1. The first kappa shape index (κ1) is 25.4. The van der Waals surface area contributed by atoms with Crippen LogP contribution in [0.3, 0.4) is 0 Å². The van der Waals surface area contributed by atoms with Gasteiger partial charge in [-0.25, -0.2) is 4.98 Å². The van der Waals surface area contributed by atoms with Crippen molar-refractivity contribution < 1.29 is 9.53 Å². The predicted octanol–water partition coefficient (Wildman–Crippen LogP) is 7.03. The summed E-state index contributed by atoms with van der Waals surface area (Å²) in [5.41, 5.74) is 3.99. The van der Waals surface area contributed by atoms with E-state index in [1.165, 1.54) is 22.0 Å². The molecule has 0 aliphatic carbocycles. The summed E-state index contributed by atoms with van der Waals surface area (Å²) in [6.07, 6.45) is -0.292. The third-order valence-corrected chi connectivity index (χ3v) is 8.27. The van der Waals surface area contributed by atoms with E-state index >= 15 is 0 Å². The van der Waals surface area contributed by atoms with E-state index in [9.17, 15) is 4.79 Å². The summed E-state index contributed by atoms with van der Waals surface area (Å²) in [4.78, 5) is 17.3. The van der Waals surface area contributed by atoms with E-state index in [2.05, 4.69) is 50.5 Å². The molecule has 188 valence electrons. The first-order valence-corrected chi connectivity index (χ1v) is 14.2. The van der Waals surface area contributed by atoms with Gasteiger partial charge in [-0.1, -0.05) is 33.8 Å². The molecule has 5 aromatic rings. The number of hydrogen-bond donors (Lipinski definition) is 1. The topological polar surface area (TPSA) is 81.9 Å². The highest BCUT2D eigenvalue weighted by Crippen LogP contribution is 2.31. The van der Waals surface area contributed by atoms with Crippen molar-refractivity contribution >= 4 is 60.8 Å². The zero-order valence-corrected chi connectivity index (χ0v) is 23.7. The van der Waals surface area contributed by atoms with Gasteiger partial charge in [0.15, 0.2) is 17.1 Å². The molecule has 2 aromatic heterocycles. The second-order valence-corrected chi connectivity index (χ2v) is 11.4. The lowest BCUT2D eigenvalue weighted by Crippen LogP contribution is -2.14. The Balaban J connectivity index is 1.16. The number of carbonyl (C=O) groups excluding carboxylic acids is 1. The summed E-state index contributed by atoms with van der Waals surface area (Å²) < 4.78 is 10.00. The van der Waals surface area contributed by atoms with Crippen LogP contribution in [0.4, 0.5) is 5.69 Å². The van der Waals surface area contributed by atoms with Crippen LogP contribution in [0.15, 0.2) is 76.4 Å². The standard InChI is InChI=1S/C27H24BrN5O2S2/c1-16-4-13-22-23(14-16)37-26(30-22)18-5-9-20(10-6-18)29-24(34)15-36-27-32-31-25(33(27)3)17(2)35-21-11-7-19(28)8-12-21/h4-14,17H,15H2,1-3H3,(H,29,34). The lowest BCUT2D eigenvalue weighted by molar-refractivity contribution is -0.113. The summed E-state index contributed by atoms with van der Waals surface area (Å²) >= 11 is 6.42. The van der Waals surface area contributed by atoms with Crippen molar-refractivity contribution in [3.63, 3.8) is 0 Å². The molecule has 7 nitrogen and oxygen atoms in total. The number of ether oxygens (including phenoxy) is 1. The zero-order chi connectivity index (χ0) is 25.9. The van der Waals surface area contributed by atoms with Crippen molar-refractivity contribution in [2.75, 3.05) is 11.1 Å². The van der Waals surface area contributed by atoms with E-state index < -0.39 is 0 Å². The maximum absolute atomic E-state index is 12.6. The third-order valence-electron chi connectivity index (χ3n) is 5.65. The maximum Gasteiger partial charge on any atom is 0.234 e. The monoisotopic (exact) mass is 593 g/mol. The van der Waals surface area contributed by atoms with Crippen molar-refractivity contribution in [1.82, 2.24) is 19.7 Å². The van der Waals surface area contributed by atoms with Gasteiger partial charge < -0.3 is 14.6 Å². The maximum atomic E-state index is 12.6. The molecule has 0 fully saturated rings. The van der Waals surface area contributed by atoms with Crippen LogP contribution in [-0.4, -0.2) is 31.4 Å². The van der Waals surface area contributed by atoms with Crippen molar-refractivity contribution in [1.29, 1.82) is 0 Å². The molecule has 0 radical (unpaired) electrons. The van der Waals surface area contributed by atoms with Gasteiger partial charge in [0.25, 0.3) is 0 Å². The first-order chi connectivity index (χ1) is 17.9. The molecule has 2 heterocycles. The molecule has 3 aromatic carbocycles. The largest absolute Gasteiger partial charge is 0.483 e. The van der Waals surface area contributed by atoms with Crippen LogP contribution in [0.5, 0.6) is 5.75 Å². The lowest BCUT2D eigenvalue weighted by atomic mass is 10.2. The Morgan fingerprint density at radius 3 is 2.62 bits per heavy atom. The summed E-state index contributed by atoms with van der Waals surface area (Å²) in [7, 11) is 1.87. The van der Waals surface area contributed by atoms with E-state index in [0.717, 1.165) is 32.0 Å². The summed E-state index contributed by atoms with van der Waals surface area (Å²) in [6.45, 7) is 4.00. The Kier molecular flexibility index (Phi) is 7.59. The Labute approximate surface area is 231 Å². The number of rotatable bonds is 8. The number of thiazole rings is 1. The minimum absolute atomic E-state index is 0.114. The van der Waals surface area contributed by atoms with Crippen molar-refractivity contribution in [2.24, 2.45) is 7.05 Å². The van der Waals surface area contributed by atoms with Crippen LogP contribution in [0, 0.1) is 6.92 Å². The highest BCUT2D eigenvalue weighted by atomic mass is 79.9. The predicted molar refractivity (Wildman–Crippen MR) is 153 cm³/mol. The number of aryl methyl sites for hydroxylation is 1. The van der Waals surface area contributed by atoms with E-state index in [1.54, 1.807) is 11.3 Å². The van der Waals surface area contributed by atoms with Crippen molar-refractivity contribution in [2.45, 2.75) is 25.1 Å². The highest BCUT2D eigenvalue weighted by molar-refractivity contribution is 9.10. The molecule has 10 heteroatoms. The molecular formula is C27H24BrN5O2S2. The smallest absolute Gasteiger partial charge is 0.234 e. The second-order valence-electron chi connectivity index (χ2n) is 8.52. The van der Waals surface area contributed by atoms with Crippen LogP contribution in [0.25, 0.3) is 20.8 Å². The van der Waals surface area contributed by atoms with Gasteiger partial charge in [0.1, 0.15) is 10.8 Å².